The van der Waals surface area contributed by atoms with Gasteiger partial charge < -0.3 is 5.73 Å². The molecule has 2 aromatic heterocycles. The van der Waals surface area contributed by atoms with E-state index in [1.54, 1.807) is 11.4 Å². The van der Waals surface area contributed by atoms with Crippen LogP contribution in [0.3, 0.4) is 0 Å². The number of halogens is 1. The second-order valence-electron chi connectivity index (χ2n) is 3.16. The van der Waals surface area contributed by atoms with Gasteiger partial charge in [0.15, 0.2) is 0 Å². The van der Waals surface area contributed by atoms with E-state index < -0.39 is 10.0 Å². The third kappa shape index (κ3) is 2.76. The number of aromatic nitrogens is 1. The average Bonchev–Trinajstić information content (AvgIpc) is 2.69. The zero-order valence-corrected chi connectivity index (χ0v) is 11.6. The molecule has 0 saturated carbocycles. The van der Waals surface area contributed by atoms with Gasteiger partial charge in [-0.15, -0.1) is 11.3 Å². The van der Waals surface area contributed by atoms with Crippen LogP contribution in [-0.2, 0) is 10.0 Å². The van der Waals surface area contributed by atoms with Gasteiger partial charge in [0, 0.05) is 23.5 Å². The zero-order chi connectivity index (χ0) is 12.5. The maximum absolute atomic E-state index is 12.0. The molecule has 0 aliphatic carbocycles. The largest absolute Gasteiger partial charge is 0.398 e. The first-order chi connectivity index (χ1) is 7.99. The van der Waals surface area contributed by atoms with Crippen LogP contribution in [-0.4, -0.2) is 13.4 Å². The molecule has 90 valence electrons. The van der Waals surface area contributed by atoms with E-state index in [0.717, 1.165) is 11.3 Å². The number of pyridine rings is 1. The first-order valence-corrected chi connectivity index (χ1v) is 7.61. The van der Waals surface area contributed by atoms with Crippen LogP contribution in [0.2, 0.25) is 0 Å². The molecule has 0 amide bonds. The lowest BCUT2D eigenvalue weighted by molar-refractivity contribution is 0.603. The lowest BCUT2D eigenvalue weighted by atomic mass is 10.4. The molecule has 0 aliphatic heterocycles. The van der Waals surface area contributed by atoms with Crippen molar-refractivity contribution in [2.45, 2.75) is 4.21 Å². The number of nitrogens with two attached hydrogens (primary N) is 1. The number of hydrogen-bond donors (Lipinski definition) is 2. The van der Waals surface area contributed by atoms with Gasteiger partial charge in [-0.25, -0.2) is 8.42 Å². The minimum absolute atomic E-state index is 0.179. The Bertz CT molecular complexity index is 639. The van der Waals surface area contributed by atoms with Gasteiger partial charge in [-0.2, -0.15) is 0 Å². The highest BCUT2D eigenvalue weighted by molar-refractivity contribution is 9.10. The van der Waals surface area contributed by atoms with Crippen molar-refractivity contribution < 1.29 is 8.42 Å². The van der Waals surface area contributed by atoms with Crippen LogP contribution in [0.1, 0.15) is 0 Å². The Balaban J connectivity index is 2.33. The Morgan fingerprint density at radius 1 is 1.47 bits per heavy atom. The van der Waals surface area contributed by atoms with Gasteiger partial charge in [-0.3, -0.25) is 9.71 Å². The molecule has 0 atom stereocenters. The molecule has 0 bridgehead atoms. The Labute approximate surface area is 111 Å². The highest BCUT2D eigenvalue weighted by Crippen LogP contribution is 2.27. The molecule has 2 aromatic rings. The third-order valence-electron chi connectivity index (χ3n) is 1.88. The molecular formula is C9H8BrN3O2S2. The van der Waals surface area contributed by atoms with E-state index in [0.29, 0.717) is 15.8 Å². The number of nitrogen functional groups attached to an aromatic ring is 1. The van der Waals surface area contributed by atoms with Gasteiger partial charge in [-0.1, -0.05) is 0 Å². The van der Waals surface area contributed by atoms with Crippen LogP contribution >= 0.6 is 27.3 Å². The summed E-state index contributed by atoms with van der Waals surface area (Å²) in [5.41, 5.74) is 6.37. The first-order valence-electron chi connectivity index (χ1n) is 4.45. The van der Waals surface area contributed by atoms with Crippen LogP contribution in [0.25, 0.3) is 0 Å². The summed E-state index contributed by atoms with van der Waals surface area (Å²) in [5.74, 6) is 0. The smallest absolute Gasteiger partial charge is 0.271 e. The number of sulfonamides is 1. The molecule has 0 aromatic carbocycles. The number of thiophene rings is 1. The number of rotatable bonds is 3. The summed E-state index contributed by atoms with van der Waals surface area (Å²) in [5, 5.41) is 1.58. The van der Waals surface area contributed by atoms with Gasteiger partial charge in [0.1, 0.15) is 4.21 Å². The summed E-state index contributed by atoms with van der Waals surface area (Å²) in [6.07, 6.45) is 3.02. The SMILES string of the molecule is Nc1csc(S(=O)(=O)Nc2ccncc2Br)c1. The number of nitrogens with one attached hydrogen (secondary N) is 1. The van der Waals surface area contributed by atoms with Gasteiger partial charge in [0.05, 0.1) is 10.2 Å². The van der Waals surface area contributed by atoms with Crippen LogP contribution < -0.4 is 10.5 Å². The molecule has 2 heterocycles. The highest BCUT2D eigenvalue weighted by Gasteiger charge is 2.17. The fourth-order valence-electron chi connectivity index (χ4n) is 1.12. The summed E-state index contributed by atoms with van der Waals surface area (Å²) >= 11 is 4.29. The Morgan fingerprint density at radius 3 is 2.82 bits per heavy atom. The van der Waals surface area contributed by atoms with Gasteiger partial charge >= 0.3 is 0 Å². The van der Waals surface area contributed by atoms with Crippen molar-refractivity contribution in [1.29, 1.82) is 0 Å². The van der Waals surface area contributed by atoms with E-state index in [9.17, 15) is 8.42 Å². The second kappa shape index (κ2) is 4.63. The van der Waals surface area contributed by atoms with Crippen molar-refractivity contribution in [2.24, 2.45) is 0 Å². The fraction of sp³-hybridized carbons (Fsp3) is 0. The molecule has 0 unspecified atom stereocenters. The van der Waals surface area contributed by atoms with E-state index in [1.165, 1.54) is 18.5 Å². The lowest BCUT2D eigenvalue weighted by Gasteiger charge is -2.07. The van der Waals surface area contributed by atoms with Crippen molar-refractivity contribution in [3.63, 3.8) is 0 Å². The van der Waals surface area contributed by atoms with Crippen LogP contribution in [0.4, 0.5) is 11.4 Å². The predicted octanol–water partition coefficient (Wildman–Crippen LogP) is 2.29. The van der Waals surface area contributed by atoms with Crippen LogP contribution in [0.15, 0.2) is 38.6 Å². The van der Waals surface area contributed by atoms with Crippen molar-refractivity contribution in [3.05, 3.63) is 34.4 Å². The van der Waals surface area contributed by atoms with Crippen molar-refractivity contribution in [1.82, 2.24) is 4.98 Å². The molecule has 2 rings (SSSR count). The monoisotopic (exact) mass is 333 g/mol. The summed E-state index contributed by atoms with van der Waals surface area (Å²) in [6.45, 7) is 0. The first kappa shape index (κ1) is 12.3. The maximum atomic E-state index is 12.0. The Morgan fingerprint density at radius 2 is 2.24 bits per heavy atom. The Kier molecular flexibility index (Phi) is 3.36. The molecule has 17 heavy (non-hydrogen) atoms. The molecule has 0 aliphatic rings. The van der Waals surface area contributed by atoms with E-state index in [2.05, 4.69) is 25.6 Å². The van der Waals surface area contributed by atoms with Crippen molar-refractivity contribution in [2.75, 3.05) is 10.5 Å². The minimum Gasteiger partial charge on any atom is -0.398 e. The molecule has 0 radical (unpaired) electrons. The minimum atomic E-state index is -3.58. The second-order valence-corrected chi connectivity index (χ2v) is 6.83. The topological polar surface area (TPSA) is 85.1 Å². The van der Waals surface area contributed by atoms with E-state index in [1.807, 2.05) is 0 Å². The summed E-state index contributed by atoms with van der Waals surface area (Å²) < 4.78 is 27.2. The third-order valence-corrected chi connectivity index (χ3v) is 5.33. The zero-order valence-electron chi connectivity index (χ0n) is 8.42. The number of hydrogen-bond acceptors (Lipinski definition) is 5. The molecule has 3 N–H and O–H groups in total. The highest BCUT2D eigenvalue weighted by atomic mass is 79.9. The van der Waals surface area contributed by atoms with Crippen LogP contribution in [0.5, 0.6) is 0 Å². The average molecular weight is 334 g/mol. The molecule has 8 heteroatoms. The molecule has 0 fully saturated rings. The molecule has 0 saturated heterocycles. The normalized spacial score (nSPS) is 11.4. The quantitative estimate of drug-likeness (QED) is 0.902. The molecular weight excluding hydrogens is 326 g/mol. The maximum Gasteiger partial charge on any atom is 0.271 e. The van der Waals surface area contributed by atoms with Crippen molar-refractivity contribution >= 4 is 48.7 Å². The molecule has 5 nitrogen and oxygen atoms in total. The van der Waals surface area contributed by atoms with Gasteiger partial charge in [-0.05, 0) is 28.1 Å². The predicted molar refractivity (Wildman–Crippen MR) is 71.5 cm³/mol. The summed E-state index contributed by atoms with van der Waals surface area (Å²) in [6, 6.07) is 2.99. The van der Waals surface area contributed by atoms with Gasteiger partial charge in [0.2, 0.25) is 0 Å². The van der Waals surface area contributed by atoms with E-state index in [4.69, 9.17) is 5.73 Å². The summed E-state index contributed by atoms with van der Waals surface area (Å²) in [7, 11) is -3.58. The number of nitrogens with zero attached hydrogens (tertiary/aromatic N) is 1. The fourth-order valence-corrected chi connectivity index (χ4v) is 3.76. The van der Waals surface area contributed by atoms with E-state index in [-0.39, 0.29) is 4.21 Å². The van der Waals surface area contributed by atoms with E-state index >= 15 is 0 Å². The Hall–Kier alpha value is -1.12. The number of anilines is 2. The summed E-state index contributed by atoms with van der Waals surface area (Å²) in [4.78, 5) is 3.85. The lowest BCUT2D eigenvalue weighted by Crippen LogP contribution is -2.11. The van der Waals surface area contributed by atoms with Crippen LogP contribution in [0, 0.1) is 0 Å². The van der Waals surface area contributed by atoms with Crippen molar-refractivity contribution in [3.8, 4) is 0 Å². The standard InChI is InChI=1S/C9H8BrN3O2S2/c10-7-4-12-2-1-8(7)13-17(14,15)9-3-6(11)5-16-9/h1-5H,11H2,(H,12,13). The molecule has 0 spiro atoms. The van der Waals surface area contributed by atoms with Gasteiger partial charge in [0.25, 0.3) is 10.0 Å².